The quantitative estimate of drug-likeness (QED) is 0.851. The average molecular weight is 340 g/mol. The molecule has 2 amide bonds. The fraction of sp³-hybridized carbons (Fsp3) is 0.421. The maximum absolute atomic E-state index is 12.4. The maximum atomic E-state index is 12.4. The summed E-state index contributed by atoms with van der Waals surface area (Å²) < 4.78 is 1.62. The highest BCUT2D eigenvalue weighted by Gasteiger charge is 2.27. The molecule has 132 valence electrons. The molecule has 1 aliphatic rings. The number of carbonyl (C=O) groups excluding carboxylic acids is 2. The molecule has 0 aliphatic carbocycles. The molecular formula is C19H24N4O2. The third-order valence-corrected chi connectivity index (χ3v) is 4.40. The van der Waals surface area contributed by atoms with Gasteiger partial charge >= 0.3 is 0 Å². The number of hydrogen-bond acceptors (Lipinski definition) is 3. The second-order valence-electron chi connectivity index (χ2n) is 6.78. The summed E-state index contributed by atoms with van der Waals surface area (Å²) in [6, 6.07) is 8.20. The summed E-state index contributed by atoms with van der Waals surface area (Å²) in [6.07, 6.45) is 1.78. The summed E-state index contributed by atoms with van der Waals surface area (Å²) >= 11 is 0. The predicted octanol–water partition coefficient (Wildman–Crippen LogP) is 1.68. The zero-order chi connectivity index (χ0) is 18.0. The summed E-state index contributed by atoms with van der Waals surface area (Å²) in [4.78, 5) is 28.3. The molecule has 25 heavy (non-hydrogen) atoms. The standard InChI is InChI=1S/C19H24N4O2/c1-14-8-15(2)10-17(9-14)11-21-6-7-22(12-18(21)24)19(25)13-23-5-4-16(3)20-23/h4-5,8-10H,6-7,11-13H2,1-3H3. The minimum absolute atomic E-state index is 0.00425. The molecule has 1 aliphatic heterocycles. The molecule has 2 aromatic rings. The summed E-state index contributed by atoms with van der Waals surface area (Å²) in [6.45, 7) is 8.06. The van der Waals surface area contributed by atoms with E-state index >= 15 is 0 Å². The largest absolute Gasteiger partial charge is 0.335 e. The third kappa shape index (κ3) is 4.26. The third-order valence-electron chi connectivity index (χ3n) is 4.40. The van der Waals surface area contributed by atoms with Crippen molar-refractivity contribution in [2.24, 2.45) is 0 Å². The molecule has 6 nitrogen and oxygen atoms in total. The van der Waals surface area contributed by atoms with Crippen LogP contribution >= 0.6 is 0 Å². The van der Waals surface area contributed by atoms with Crippen molar-refractivity contribution >= 4 is 11.8 Å². The Kier molecular flexibility index (Phi) is 4.88. The van der Waals surface area contributed by atoms with Crippen LogP contribution < -0.4 is 0 Å². The van der Waals surface area contributed by atoms with Crippen LogP contribution in [0.25, 0.3) is 0 Å². The van der Waals surface area contributed by atoms with Crippen LogP contribution in [0.5, 0.6) is 0 Å². The Morgan fingerprint density at radius 2 is 1.84 bits per heavy atom. The summed E-state index contributed by atoms with van der Waals surface area (Å²) in [5.41, 5.74) is 4.41. The lowest BCUT2D eigenvalue weighted by atomic mass is 10.1. The highest BCUT2D eigenvalue weighted by atomic mass is 16.2. The van der Waals surface area contributed by atoms with Crippen LogP contribution in [0.1, 0.15) is 22.4 Å². The van der Waals surface area contributed by atoms with Gasteiger partial charge in [0, 0.05) is 25.8 Å². The van der Waals surface area contributed by atoms with Crippen molar-refractivity contribution in [3.05, 3.63) is 52.8 Å². The van der Waals surface area contributed by atoms with Crippen LogP contribution in [-0.2, 0) is 22.7 Å². The Morgan fingerprint density at radius 1 is 1.12 bits per heavy atom. The number of aromatic nitrogens is 2. The van der Waals surface area contributed by atoms with Crippen molar-refractivity contribution in [2.75, 3.05) is 19.6 Å². The minimum Gasteiger partial charge on any atom is -0.335 e. The van der Waals surface area contributed by atoms with Gasteiger partial charge in [0.1, 0.15) is 6.54 Å². The molecule has 0 bridgehead atoms. The van der Waals surface area contributed by atoms with Crippen molar-refractivity contribution in [3.63, 3.8) is 0 Å². The first-order valence-electron chi connectivity index (χ1n) is 8.53. The fourth-order valence-electron chi connectivity index (χ4n) is 3.26. The number of aryl methyl sites for hydroxylation is 3. The number of rotatable bonds is 4. The number of amides is 2. The zero-order valence-corrected chi connectivity index (χ0v) is 15.0. The van der Waals surface area contributed by atoms with Gasteiger partial charge in [-0.15, -0.1) is 0 Å². The van der Waals surface area contributed by atoms with Crippen molar-refractivity contribution < 1.29 is 9.59 Å². The molecule has 0 N–H and O–H groups in total. The molecule has 0 saturated carbocycles. The van der Waals surface area contributed by atoms with Gasteiger partial charge in [0.15, 0.2) is 0 Å². The summed E-state index contributed by atoms with van der Waals surface area (Å²) in [5.74, 6) is -0.0714. The van der Waals surface area contributed by atoms with Crippen molar-refractivity contribution in [1.29, 1.82) is 0 Å². The van der Waals surface area contributed by atoms with Gasteiger partial charge in [-0.2, -0.15) is 5.10 Å². The van der Waals surface area contributed by atoms with Gasteiger partial charge in [0.2, 0.25) is 11.8 Å². The normalized spacial score (nSPS) is 14.9. The Bertz CT molecular complexity index is 776. The molecule has 3 rings (SSSR count). The van der Waals surface area contributed by atoms with Crippen molar-refractivity contribution in [1.82, 2.24) is 19.6 Å². The van der Waals surface area contributed by atoms with Crippen LogP contribution in [0.2, 0.25) is 0 Å². The molecule has 2 heterocycles. The first kappa shape index (κ1) is 17.2. The topological polar surface area (TPSA) is 58.4 Å². The first-order valence-corrected chi connectivity index (χ1v) is 8.53. The van der Waals surface area contributed by atoms with Crippen LogP contribution in [-0.4, -0.2) is 51.0 Å². The smallest absolute Gasteiger partial charge is 0.244 e. The predicted molar refractivity (Wildman–Crippen MR) is 94.9 cm³/mol. The Hall–Kier alpha value is -2.63. The SMILES string of the molecule is Cc1cc(C)cc(CN2CCN(C(=O)Cn3ccc(C)n3)CC2=O)c1. The molecule has 0 atom stereocenters. The number of hydrogen-bond donors (Lipinski definition) is 0. The van der Waals surface area contributed by atoms with Crippen LogP contribution in [0.4, 0.5) is 0 Å². The Morgan fingerprint density at radius 3 is 2.44 bits per heavy atom. The number of benzene rings is 1. The monoisotopic (exact) mass is 340 g/mol. The van der Waals surface area contributed by atoms with Gasteiger partial charge in [-0.05, 0) is 32.4 Å². The first-order chi connectivity index (χ1) is 11.9. The molecule has 1 saturated heterocycles. The van der Waals surface area contributed by atoms with Gasteiger partial charge < -0.3 is 9.80 Å². The highest BCUT2D eigenvalue weighted by Crippen LogP contribution is 2.14. The van der Waals surface area contributed by atoms with Gasteiger partial charge in [0.05, 0.1) is 12.2 Å². The van der Waals surface area contributed by atoms with Crippen LogP contribution in [0, 0.1) is 20.8 Å². The average Bonchev–Trinajstić information content (AvgIpc) is 2.93. The molecule has 1 fully saturated rings. The van der Waals surface area contributed by atoms with Crippen LogP contribution in [0.3, 0.4) is 0 Å². The van der Waals surface area contributed by atoms with E-state index in [9.17, 15) is 9.59 Å². The van der Waals surface area contributed by atoms with E-state index in [-0.39, 0.29) is 24.9 Å². The fourth-order valence-corrected chi connectivity index (χ4v) is 3.26. The lowest BCUT2D eigenvalue weighted by molar-refractivity contribution is -0.146. The molecule has 0 spiro atoms. The zero-order valence-electron chi connectivity index (χ0n) is 15.0. The molecule has 1 aromatic heterocycles. The Labute approximate surface area is 148 Å². The molecule has 0 unspecified atom stereocenters. The molecular weight excluding hydrogens is 316 g/mol. The van der Waals surface area contributed by atoms with E-state index in [1.165, 1.54) is 11.1 Å². The van der Waals surface area contributed by atoms with Gasteiger partial charge in [-0.25, -0.2) is 0 Å². The molecule has 6 heteroatoms. The van der Waals surface area contributed by atoms with E-state index in [0.29, 0.717) is 19.6 Å². The summed E-state index contributed by atoms with van der Waals surface area (Å²) in [7, 11) is 0. The summed E-state index contributed by atoms with van der Waals surface area (Å²) in [5, 5.41) is 4.23. The second-order valence-corrected chi connectivity index (χ2v) is 6.78. The van der Waals surface area contributed by atoms with Crippen molar-refractivity contribution in [2.45, 2.75) is 33.9 Å². The highest BCUT2D eigenvalue weighted by molar-refractivity contribution is 5.85. The second kappa shape index (κ2) is 7.09. The Balaban J connectivity index is 1.58. The van der Waals surface area contributed by atoms with E-state index in [1.54, 1.807) is 15.8 Å². The van der Waals surface area contributed by atoms with E-state index < -0.39 is 0 Å². The van der Waals surface area contributed by atoms with E-state index in [1.807, 2.05) is 17.9 Å². The lowest BCUT2D eigenvalue weighted by Gasteiger charge is -2.34. The van der Waals surface area contributed by atoms with E-state index in [2.05, 4.69) is 37.1 Å². The minimum atomic E-state index is -0.0671. The van der Waals surface area contributed by atoms with Gasteiger partial charge in [-0.3, -0.25) is 14.3 Å². The van der Waals surface area contributed by atoms with E-state index in [0.717, 1.165) is 11.3 Å². The number of nitrogens with zero attached hydrogens (tertiary/aromatic N) is 4. The molecule has 0 radical (unpaired) electrons. The van der Waals surface area contributed by atoms with Crippen LogP contribution in [0.15, 0.2) is 30.5 Å². The molecule has 1 aromatic carbocycles. The lowest BCUT2D eigenvalue weighted by Crippen LogP contribution is -2.52. The number of carbonyl (C=O) groups is 2. The number of piperazine rings is 1. The van der Waals surface area contributed by atoms with Gasteiger partial charge in [-0.1, -0.05) is 29.3 Å². The maximum Gasteiger partial charge on any atom is 0.244 e. The van der Waals surface area contributed by atoms with E-state index in [4.69, 9.17) is 0 Å². The van der Waals surface area contributed by atoms with Gasteiger partial charge in [0.25, 0.3) is 0 Å². The van der Waals surface area contributed by atoms with Crippen molar-refractivity contribution in [3.8, 4) is 0 Å².